The van der Waals surface area contributed by atoms with E-state index in [1.807, 2.05) is 11.9 Å². The number of halogens is 1. The number of amides is 1. The first kappa shape index (κ1) is 14.4. The lowest BCUT2D eigenvalue weighted by molar-refractivity contribution is -0.132. The molecule has 5 heteroatoms. The van der Waals surface area contributed by atoms with Crippen molar-refractivity contribution in [3.05, 3.63) is 29.6 Å². The summed E-state index contributed by atoms with van der Waals surface area (Å²) in [5.74, 6) is 1.81. The highest BCUT2D eigenvalue weighted by molar-refractivity contribution is 6.17. The largest absolute Gasteiger partial charge is 0.344 e. The topological polar surface area (TPSA) is 38.1 Å². The second-order valence-corrected chi connectivity index (χ2v) is 6.17. The first-order chi connectivity index (χ1) is 10.1. The molecule has 1 aliphatic heterocycles. The fourth-order valence-electron chi connectivity index (χ4n) is 3.13. The Morgan fingerprint density at radius 2 is 2.24 bits per heavy atom. The molecule has 1 aromatic carbocycles. The average molecular weight is 306 g/mol. The maximum absolute atomic E-state index is 11.7. The van der Waals surface area contributed by atoms with Crippen LogP contribution in [0.5, 0.6) is 0 Å². The molecule has 2 aromatic rings. The molecule has 112 valence electrons. The molecule has 1 saturated heterocycles. The number of carbonyl (C=O) groups excluding carboxylic acids is 1. The van der Waals surface area contributed by atoms with Crippen molar-refractivity contribution in [2.24, 2.45) is 0 Å². The van der Waals surface area contributed by atoms with Crippen LogP contribution in [0.1, 0.15) is 30.3 Å². The van der Waals surface area contributed by atoms with Crippen molar-refractivity contribution in [2.45, 2.75) is 32.2 Å². The number of imidazole rings is 1. The number of piperidine rings is 1. The number of benzene rings is 1. The number of likely N-dealkylation sites (tertiary alicyclic amines) is 1. The van der Waals surface area contributed by atoms with Gasteiger partial charge < -0.3 is 9.47 Å². The molecule has 21 heavy (non-hydrogen) atoms. The van der Waals surface area contributed by atoms with E-state index in [9.17, 15) is 4.79 Å². The van der Waals surface area contributed by atoms with Gasteiger partial charge in [0.2, 0.25) is 5.91 Å². The Morgan fingerprint density at radius 1 is 1.43 bits per heavy atom. The van der Waals surface area contributed by atoms with Crippen molar-refractivity contribution < 1.29 is 4.79 Å². The van der Waals surface area contributed by atoms with Crippen LogP contribution in [0.2, 0.25) is 0 Å². The minimum Gasteiger partial charge on any atom is -0.344 e. The monoisotopic (exact) mass is 305 g/mol. The Labute approximate surface area is 129 Å². The van der Waals surface area contributed by atoms with E-state index in [1.165, 1.54) is 5.56 Å². The highest BCUT2D eigenvalue weighted by Crippen LogP contribution is 2.28. The number of alkyl halides is 1. The molecule has 4 nitrogen and oxygen atoms in total. The van der Waals surface area contributed by atoms with Crippen LogP contribution in [0.4, 0.5) is 0 Å². The van der Waals surface area contributed by atoms with E-state index in [4.69, 9.17) is 16.6 Å². The molecule has 0 radical (unpaired) electrons. The van der Waals surface area contributed by atoms with Crippen molar-refractivity contribution in [3.8, 4) is 0 Å². The highest BCUT2D eigenvalue weighted by Gasteiger charge is 2.27. The van der Waals surface area contributed by atoms with Crippen LogP contribution < -0.4 is 0 Å². The van der Waals surface area contributed by atoms with Crippen LogP contribution in [0, 0.1) is 6.92 Å². The molecule has 0 saturated carbocycles. The Kier molecular flexibility index (Phi) is 3.89. The fourth-order valence-corrected chi connectivity index (χ4v) is 3.30. The zero-order valence-corrected chi connectivity index (χ0v) is 13.2. The first-order valence-corrected chi connectivity index (χ1v) is 7.91. The quantitative estimate of drug-likeness (QED) is 0.818. The number of aromatic nitrogens is 2. The summed E-state index contributed by atoms with van der Waals surface area (Å²) in [7, 11) is 1.87. The SMILES string of the molecule is Cc1ccc2c(c1)nc(CCCl)n2C1CCC(=O)N(C)C1. The Bertz CT molecular complexity index is 679. The average Bonchev–Trinajstić information content (AvgIpc) is 2.79. The Hall–Kier alpha value is -1.55. The number of hydrogen-bond donors (Lipinski definition) is 0. The molecule has 1 aliphatic rings. The second kappa shape index (κ2) is 5.68. The summed E-state index contributed by atoms with van der Waals surface area (Å²) in [6, 6.07) is 6.65. The maximum Gasteiger partial charge on any atom is 0.222 e. The number of likely N-dealkylation sites (N-methyl/N-ethyl adjacent to an activating group) is 1. The summed E-state index contributed by atoms with van der Waals surface area (Å²) in [6.07, 6.45) is 2.23. The number of aryl methyl sites for hydroxylation is 2. The van der Waals surface area contributed by atoms with Crippen molar-refractivity contribution in [2.75, 3.05) is 19.5 Å². The molecule has 3 rings (SSSR count). The van der Waals surface area contributed by atoms with E-state index in [1.54, 1.807) is 0 Å². The lowest BCUT2D eigenvalue weighted by atomic mass is 10.0. The van der Waals surface area contributed by atoms with Gasteiger partial charge in [-0.15, -0.1) is 11.6 Å². The molecule has 1 amide bonds. The number of nitrogens with zero attached hydrogens (tertiary/aromatic N) is 3. The van der Waals surface area contributed by atoms with Crippen LogP contribution in [-0.2, 0) is 11.2 Å². The molecule has 0 bridgehead atoms. The zero-order chi connectivity index (χ0) is 15.0. The summed E-state index contributed by atoms with van der Waals surface area (Å²) < 4.78 is 2.29. The molecule has 1 fully saturated rings. The molecular weight excluding hydrogens is 286 g/mol. The number of fused-ring (bicyclic) bond motifs is 1. The zero-order valence-electron chi connectivity index (χ0n) is 12.5. The Morgan fingerprint density at radius 3 is 2.95 bits per heavy atom. The molecule has 0 spiro atoms. The smallest absolute Gasteiger partial charge is 0.222 e. The minimum absolute atomic E-state index is 0.227. The third-order valence-corrected chi connectivity index (χ3v) is 4.39. The van der Waals surface area contributed by atoms with E-state index in [-0.39, 0.29) is 5.91 Å². The van der Waals surface area contributed by atoms with Crippen LogP contribution in [0.3, 0.4) is 0 Å². The Balaban J connectivity index is 2.06. The van der Waals surface area contributed by atoms with Gasteiger partial charge >= 0.3 is 0 Å². The third kappa shape index (κ3) is 2.64. The summed E-state index contributed by atoms with van der Waals surface area (Å²) in [5.41, 5.74) is 3.38. The second-order valence-electron chi connectivity index (χ2n) is 5.80. The van der Waals surface area contributed by atoms with Crippen molar-refractivity contribution in [1.29, 1.82) is 0 Å². The van der Waals surface area contributed by atoms with Crippen molar-refractivity contribution >= 4 is 28.5 Å². The summed E-state index contributed by atoms with van der Waals surface area (Å²) in [4.78, 5) is 18.3. The minimum atomic E-state index is 0.227. The van der Waals surface area contributed by atoms with Crippen LogP contribution >= 0.6 is 11.6 Å². The first-order valence-electron chi connectivity index (χ1n) is 7.37. The number of rotatable bonds is 3. The van der Waals surface area contributed by atoms with Crippen molar-refractivity contribution in [3.63, 3.8) is 0 Å². The molecule has 1 unspecified atom stereocenters. The van der Waals surface area contributed by atoms with Gasteiger partial charge in [-0.3, -0.25) is 4.79 Å². The normalized spacial score (nSPS) is 19.5. The van der Waals surface area contributed by atoms with E-state index < -0.39 is 0 Å². The standard InChI is InChI=1S/C16H20ClN3O/c1-11-3-5-14-13(9-11)18-15(7-8-17)20(14)12-4-6-16(21)19(2)10-12/h3,5,9,12H,4,6-8,10H2,1-2H3. The molecule has 1 aromatic heterocycles. The van der Waals surface area contributed by atoms with E-state index >= 15 is 0 Å². The van der Waals surface area contributed by atoms with Gasteiger partial charge in [0.15, 0.2) is 0 Å². The summed E-state index contributed by atoms with van der Waals surface area (Å²) in [5, 5.41) is 0. The predicted octanol–water partition coefficient (Wildman–Crippen LogP) is 2.92. The van der Waals surface area contributed by atoms with Gasteiger partial charge in [0.1, 0.15) is 5.82 Å². The lowest BCUT2D eigenvalue weighted by Crippen LogP contribution is -2.38. The number of carbonyl (C=O) groups is 1. The van der Waals surface area contributed by atoms with Gasteiger partial charge in [-0.1, -0.05) is 6.07 Å². The highest BCUT2D eigenvalue weighted by atomic mass is 35.5. The van der Waals surface area contributed by atoms with E-state index in [0.717, 1.165) is 36.2 Å². The third-order valence-electron chi connectivity index (χ3n) is 4.20. The lowest BCUT2D eigenvalue weighted by Gasteiger charge is -2.31. The van der Waals surface area contributed by atoms with Gasteiger partial charge in [-0.05, 0) is 31.0 Å². The van der Waals surface area contributed by atoms with Gasteiger partial charge in [-0.25, -0.2) is 4.98 Å². The van der Waals surface area contributed by atoms with Gasteiger partial charge in [0.25, 0.3) is 0 Å². The van der Waals surface area contributed by atoms with Crippen LogP contribution in [0.15, 0.2) is 18.2 Å². The summed E-state index contributed by atoms with van der Waals surface area (Å²) in [6.45, 7) is 2.82. The summed E-state index contributed by atoms with van der Waals surface area (Å²) >= 11 is 5.94. The predicted molar refractivity (Wildman–Crippen MR) is 84.8 cm³/mol. The van der Waals surface area contributed by atoms with Gasteiger partial charge in [-0.2, -0.15) is 0 Å². The maximum atomic E-state index is 11.7. The molecule has 2 heterocycles. The van der Waals surface area contributed by atoms with E-state index in [0.29, 0.717) is 18.3 Å². The fraction of sp³-hybridized carbons (Fsp3) is 0.500. The molecule has 1 atom stereocenters. The molecule has 0 aliphatic carbocycles. The van der Waals surface area contributed by atoms with E-state index in [2.05, 4.69) is 29.7 Å². The van der Waals surface area contributed by atoms with Gasteiger partial charge in [0.05, 0.1) is 17.1 Å². The molecular formula is C16H20ClN3O. The van der Waals surface area contributed by atoms with Crippen LogP contribution in [0.25, 0.3) is 11.0 Å². The van der Waals surface area contributed by atoms with Gasteiger partial charge in [0, 0.05) is 32.3 Å². The van der Waals surface area contributed by atoms with Crippen LogP contribution in [-0.4, -0.2) is 39.8 Å². The number of hydrogen-bond acceptors (Lipinski definition) is 2. The van der Waals surface area contributed by atoms with Crippen molar-refractivity contribution in [1.82, 2.24) is 14.5 Å². The molecule has 0 N–H and O–H groups in total.